The molecule has 0 saturated heterocycles. The summed E-state index contributed by atoms with van der Waals surface area (Å²) < 4.78 is 0. The van der Waals surface area contributed by atoms with Gasteiger partial charge in [0.25, 0.3) is 0 Å². The SMILES string of the molecule is C1=CC2=C3C=CC4=C5C=Cc6c7c8c9c%10c6C5c5c6c%11c%12c%13c%14c%15c(ccc%16c%17ccc%18c%19c%20c(cc%21cc%22cc(c2c2c%22c%22c%23c%24c(c5=C4C3C2%24)c%11c2c%23c(c%18c%17c2c%12c%16%15)c%20c%21%22)C1)C=CC%19)c1ccc2c3ccc4c5c%11c(cc%12c%15c%11c%11c%16c%17c%18c(c%19c-9c(c9c%14c1c2c(c9c%19%16)c%11c35)C%13C%106)C8C(=c1ccc2c(c1=%18)C(C(=C%12)C=C2)C%15%17)C=C7)CC=4. The average Bonchev–Trinajstić information content (AvgIpc) is 0.603. The minimum atomic E-state index is 0.0564. The molecule has 0 aromatic heterocycles. The van der Waals surface area contributed by atoms with E-state index >= 15 is 0 Å². The second kappa shape index (κ2) is 14.0. The Balaban J connectivity index is 0.827. The Kier molecular flexibility index (Phi) is 6.00. The quantitative estimate of drug-likeness (QED) is 0.105. The van der Waals surface area contributed by atoms with Gasteiger partial charge in [0.05, 0.1) is 0 Å². The molecule has 25 aromatic carbocycles. The molecule has 25 aromatic rings. The molecule has 0 N–H and O–H groups in total. The number of fused-ring (bicyclic) bond motifs is 5. The van der Waals surface area contributed by atoms with E-state index in [9.17, 15) is 0 Å². The van der Waals surface area contributed by atoms with Crippen LogP contribution in [0, 0.1) is 16.4 Å². The van der Waals surface area contributed by atoms with Crippen LogP contribution < -0.4 is 15.7 Å². The number of rotatable bonds is 0. The fraction of sp³-hybridized carbons (Fsp3) is 0.0924. The summed E-state index contributed by atoms with van der Waals surface area (Å²) in [4.78, 5) is 0. The summed E-state index contributed by atoms with van der Waals surface area (Å²) >= 11 is 0. The fourth-order valence-corrected chi connectivity index (χ4v) is 36.8. The van der Waals surface area contributed by atoms with Crippen LogP contribution in [0.4, 0.5) is 0 Å². The van der Waals surface area contributed by atoms with E-state index in [0.29, 0.717) is 0 Å². The highest BCUT2D eigenvalue weighted by Gasteiger charge is 2.62. The monoisotopic (exact) mass is 1470 g/mol. The lowest BCUT2D eigenvalue weighted by Crippen LogP contribution is -2.44. The van der Waals surface area contributed by atoms with Crippen LogP contribution in [0.3, 0.4) is 0 Å². The molecule has 20 aliphatic rings. The van der Waals surface area contributed by atoms with Crippen molar-refractivity contribution in [3.8, 4) is 11.1 Å². The molecule has 0 amide bonds. The molecule has 0 aliphatic heterocycles. The van der Waals surface area contributed by atoms with Crippen molar-refractivity contribution < 1.29 is 0 Å². The minimum Gasteiger partial charge on any atom is -0.0795 e. The van der Waals surface area contributed by atoms with Gasteiger partial charge in [-0.05, 0) is 467 Å². The fourth-order valence-electron chi connectivity index (χ4n) is 36.8. The summed E-state index contributed by atoms with van der Waals surface area (Å²) in [6.45, 7) is 0. The van der Waals surface area contributed by atoms with Gasteiger partial charge in [-0.15, -0.1) is 0 Å². The lowest BCUT2D eigenvalue weighted by molar-refractivity contribution is 0.634. The number of hydrogen-bond donors (Lipinski definition) is 0. The normalized spacial score (nSPS) is 23.8. The zero-order valence-electron chi connectivity index (χ0n) is 62.9. The Bertz CT molecular complexity index is 11400. The van der Waals surface area contributed by atoms with Crippen molar-refractivity contribution in [3.05, 3.63) is 304 Å². The van der Waals surface area contributed by atoms with Crippen LogP contribution in [0.25, 0.3) is 301 Å². The van der Waals surface area contributed by atoms with Gasteiger partial charge in [0.2, 0.25) is 0 Å². The zero-order chi connectivity index (χ0) is 72.7. The van der Waals surface area contributed by atoms with E-state index in [1.165, 1.54) is 147 Å². The Morgan fingerprint density at radius 3 is 1.70 bits per heavy atom. The van der Waals surface area contributed by atoms with E-state index in [0.717, 1.165) is 19.3 Å². The molecule has 0 heterocycles. The van der Waals surface area contributed by atoms with Gasteiger partial charge in [0.15, 0.2) is 0 Å². The first-order valence-electron chi connectivity index (χ1n) is 44.6. The molecule has 0 nitrogen and oxygen atoms in total. The zero-order valence-corrected chi connectivity index (χ0v) is 62.9. The molecule has 45 rings (SSSR count). The molecule has 0 heteroatoms. The Labute approximate surface area is 667 Å². The lowest BCUT2D eigenvalue weighted by Gasteiger charge is -2.56. The highest BCUT2D eigenvalue weighted by molar-refractivity contribution is 6.65. The summed E-state index contributed by atoms with van der Waals surface area (Å²) in [7, 11) is 0. The van der Waals surface area contributed by atoms with Crippen LogP contribution >= 0.6 is 0 Å². The topological polar surface area (TPSA) is 0 Å². The van der Waals surface area contributed by atoms with Gasteiger partial charge in [0, 0.05) is 47.3 Å². The second-order valence-electron chi connectivity index (χ2n) is 41.3. The Morgan fingerprint density at radius 1 is 0.244 bits per heavy atom. The molecule has 0 spiro atoms. The molecule has 8 unspecified atom stereocenters. The highest BCUT2D eigenvalue weighted by atomic mass is 14.6. The summed E-state index contributed by atoms with van der Waals surface area (Å²) in [6, 6.07) is 37.4. The van der Waals surface area contributed by atoms with E-state index in [2.05, 4.69) is 170 Å². The number of hydrogen-bond acceptors (Lipinski definition) is 0. The largest absolute Gasteiger partial charge is 0.0795 e. The van der Waals surface area contributed by atoms with Crippen LogP contribution in [-0.2, 0) is 19.3 Å². The standard InChI is InChI=1S/C119H42/c1-3-34-27-39-31-40-28-35-4-2-6-42-46-16-18-50-54-24-26-56-52-22-20-48-44-14-12-33-8-10-37-30-38-29-36-9-7-32-11-13-43-47-19-21-51-55-25-23-53-49-17-15-45-41(5-1)57(34)80-63(39)84-64(40)81(58(35)42)88-69(46)73(50)92-96-77(54)79(56)98-94-75(52)71(48)90-86-67(44)60(33)62(37)83-65(38)82-61(36)59(32)66(43)85-89-70(47)74(51)93-97-78(55)76(53)95-91-72(49)68(45)87(80)102-101(84)103(88)107(92)116(106(91)102)118-110(95)112(97)119(113(98)111(96)118)117-108(93)104(89)115(105(90)109(94)117)114(99(82)85)100(83)86/h1-3,6-8,10-31,62,69,71,77,83,88,113,119H,4-5,9H2. The van der Waals surface area contributed by atoms with Crippen molar-refractivity contribution in [2.75, 3.05) is 0 Å². The van der Waals surface area contributed by atoms with Gasteiger partial charge in [-0.1, -0.05) is 158 Å². The first-order chi connectivity index (χ1) is 59.2. The summed E-state index contributed by atoms with van der Waals surface area (Å²) in [5.41, 5.74) is 49.6. The maximum absolute atomic E-state index is 2.77. The van der Waals surface area contributed by atoms with Gasteiger partial charge in [0.1, 0.15) is 0 Å². The Hall–Kier alpha value is -14.0. The van der Waals surface area contributed by atoms with Crippen LogP contribution in [0.1, 0.15) is 164 Å². The maximum Gasteiger partial charge on any atom is 0.0371 e. The minimum absolute atomic E-state index is 0.0564. The van der Waals surface area contributed by atoms with Gasteiger partial charge in [-0.25, -0.2) is 0 Å². The third-order valence-electron chi connectivity index (χ3n) is 39.0. The van der Waals surface area contributed by atoms with E-state index in [1.807, 2.05) is 0 Å². The van der Waals surface area contributed by atoms with Crippen molar-refractivity contribution in [2.24, 2.45) is 5.92 Å². The van der Waals surface area contributed by atoms with Crippen LogP contribution in [-0.4, -0.2) is 0 Å². The van der Waals surface area contributed by atoms with Crippen molar-refractivity contribution in [1.82, 2.24) is 0 Å². The van der Waals surface area contributed by atoms with Gasteiger partial charge in [-0.2, -0.15) is 0 Å². The first-order valence-corrected chi connectivity index (χ1v) is 44.6. The van der Waals surface area contributed by atoms with Crippen LogP contribution in [0.5, 0.6) is 0 Å². The van der Waals surface area contributed by atoms with E-state index in [-0.39, 0.29) is 47.3 Å². The van der Waals surface area contributed by atoms with Gasteiger partial charge >= 0.3 is 0 Å². The molecular weight excluding hydrogens is 1430 g/mol. The van der Waals surface area contributed by atoms with Crippen molar-refractivity contribution in [3.63, 3.8) is 0 Å². The van der Waals surface area contributed by atoms with Gasteiger partial charge < -0.3 is 0 Å². The van der Waals surface area contributed by atoms with Crippen molar-refractivity contribution in [2.45, 2.75) is 60.7 Å². The predicted octanol–water partition coefficient (Wildman–Crippen LogP) is 26.5. The Morgan fingerprint density at radius 2 is 0.840 bits per heavy atom. The molecule has 0 saturated carbocycles. The number of allylic oxidation sites excluding steroid dienone is 13. The smallest absolute Gasteiger partial charge is 0.0371 e. The molecule has 119 heavy (non-hydrogen) atoms. The predicted molar refractivity (Wildman–Crippen MR) is 492 cm³/mol. The van der Waals surface area contributed by atoms with E-state index in [4.69, 9.17) is 0 Å². The summed E-state index contributed by atoms with van der Waals surface area (Å²) in [5, 5.41) is 76.5. The lowest BCUT2D eigenvalue weighted by atomic mass is 9.46. The van der Waals surface area contributed by atoms with Crippen molar-refractivity contribution in [1.29, 1.82) is 0 Å². The molecule has 0 bridgehead atoms. The molecule has 518 valence electrons. The second-order valence-corrected chi connectivity index (χ2v) is 41.3. The highest BCUT2D eigenvalue weighted by Crippen LogP contribution is 2.80. The molecule has 20 aliphatic carbocycles. The molecule has 0 fully saturated rings. The maximum atomic E-state index is 2.77. The number of benzene rings is 25. The summed E-state index contributed by atoms with van der Waals surface area (Å²) in [6.07, 6.45) is 40.0. The third-order valence-corrected chi connectivity index (χ3v) is 39.0. The van der Waals surface area contributed by atoms with E-state index < -0.39 is 0 Å². The molecule has 8 atom stereocenters. The molecule has 0 radical (unpaired) electrons. The van der Waals surface area contributed by atoms with Crippen LogP contribution in [0.2, 0.25) is 0 Å². The summed E-state index contributed by atoms with van der Waals surface area (Å²) in [5.74, 6) is 0.997. The van der Waals surface area contributed by atoms with E-state index in [1.54, 1.807) is 289 Å². The van der Waals surface area contributed by atoms with Gasteiger partial charge in [-0.3, -0.25) is 0 Å². The third kappa shape index (κ3) is 3.88. The van der Waals surface area contributed by atoms with Crippen molar-refractivity contribution >= 4 is 290 Å². The first kappa shape index (κ1) is 51.1. The van der Waals surface area contributed by atoms with Crippen LogP contribution in [0.15, 0.2) is 156 Å². The molecular formula is C119H42. The average molecular weight is 1470 g/mol.